The predicted molar refractivity (Wildman–Crippen MR) is 186 cm³/mol. The number of alkyl carbamates (subject to hydrolysis) is 1. The Morgan fingerprint density at radius 2 is 1.37 bits per heavy atom. The van der Waals surface area contributed by atoms with Crippen molar-refractivity contribution in [1.82, 2.24) is 34.2 Å². The van der Waals surface area contributed by atoms with Gasteiger partial charge in [-0.3, -0.25) is 47.9 Å². The number of ether oxygens (including phenoxy) is 1. The number of H-pyrrole nitrogens is 2. The third-order valence-corrected chi connectivity index (χ3v) is 7.33. The zero-order valence-corrected chi connectivity index (χ0v) is 29.4. The normalized spacial score (nSPS) is 11.0. The molecule has 0 radical (unpaired) electrons. The summed E-state index contributed by atoms with van der Waals surface area (Å²) >= 11 is 0. The largest absolute Gasteiger partial charge is 0.481 e. The molecular formula is C33H42N8O11. The van der Waals surface area contributed by atoms with Crippen LogP contribution in [0.4, 0.5) is 10.5 Å². The van der Waals surface area contributed by atoms with Crippen LogP contribution in [0.25, 0.3) is 0 Å². The van der Waals surface area contributed by atoms with E-state index in [0.29, 0.717) is 5.56 Å². The molecular weight excluding hydrogens is 684 g/mol. The van der Waals surface area contributed by atoms with Crippen molar-refractivity contribution in [2.24, 2.45) is 0 Å². The first kappa shape index (κ1) is 40.2. The lowest BCUT2D eigenvalue weighted by Crippen LogP contribution is -2.46. The quantitative estimate of drug-likeness (QED) is 0.133. The van der Waals surface area contributed by atoms with Gasteiger partial charge in [-0.1, -0.05) is 18.2 Å². The molecule has 0 unspecified atom stereocenters. The number of anilines is 1. The van der Waals surface area contributed by atoms with E-state index in [2.05, 4.69) is 20.6 Å². The second-order valence-electron chi connectivity index (χ2n) is 12.8. The fourth-order valence-corrected chi connectivity index (χ4v) is 4.73. The SMILES string of the molecule is Cc1cn(CC(=O)N(CCNC(=O)OC(C)(C)C)CC(=O)Nc2ccccc2CN(CCC(=O)O)C(=O)Cn2cc(C)c(=O)[nH]c2=O)c(=O)[nH]c1=O. The molecule has 0 atom stereocenters. The van der Waals surface area contributed by atoms with Gasteiger partial charge in [-0.2, -0.15) is 0 Å². The second-order valence-corrected chi connectivity index (χ2v) is 12.8. The summed E-state index contributed by atoms with van der Waals surface area (Å²) in [5.74, 6) is -3.21. The number of aromatic nitrogens is 4. The Morgan fingerprint density at radius 3 is 1.90 bits per heavy atom. The Bertz CT molecular complexity index is 2060. The maximum atomic E-state index is 13.4. The summed E-state index contributed by atoms with van der Waals surface area (Å²) in [5.41, 5.74) is -2.70. The molecule has 5 N–H and O–H groups in total. The molecule has 3 aromatic rings. The fourth-order valence-electron chi connectivity index (χ4n) is 4.73. The van der Waals surface area contributed by atoms with E-state index in [4.69, 9.17) is 4.74 Å². The van der Waals surface area contributed by atoms with Gasteiger partial charge in [0.05, 0.1) is 13.0 Å². The average molecular weight is 727 g/mol. The van der Waals surface area contributed by atoms with E-state index in [1.807, 2.05) is 0 Å². The molecule has 52 heavy (non-hydrogen) atoms. The van der Waals surface area contributed by atoms with Crippen molar-refractivity contribution in [2.75, 3.05) is 31.5 Å². The molecule has 0 saturated heterocycles. The van der Waals surface area contributed by atoms with Crippen LogP contribution in [-0.2, 0) is 43.5 Å². The number of carbonyl (C=O) groups excluding carboxylic acids is 4. The molecule has 4 amide bonds. The summed E-state index contributed by atoms with van der Waals surface area (Å²) in [6.45, 7) is 5.61. The lowest BCUT2D eigenvalue weighted by molar-refractivity contribution is -0.139. The Labute approximate surface area is 296 Å². The summed E-state index contributed by atoms with van der Waals surface area (Å²) in [4.78, 5) is 118. The van der Waals surface area contributed by atoms with Crippen LogP contribution < -0.4 is 33.1 Å². The maximum Gasteiger partial charge on any atom is 0.407 e. The highest BCUT2D eigenvalue weighted by Gasteiger charge is 2.23. The zero-order valence-electron chi connectivity index (χ0n) is 29.4. The van der Waals surface area contributed by atoms with Gasteiger partial charge >= 0.3 is 23.4 Å². The monoisotopic (exact) mass is 726 g/mol. The number of nitrogens with one attached hydrogen (secondary N) is 4. The molecule has 0 aliphatic rings. The van der Waals surface area contributed by atoms with Gasteiger partial charge < -0.3 is 30.3 Å². The lowest BCUT2D eigenvalue weighted by Gasteiger charge is -2.25. The smallest absolute Gasteiger partial charge is 0.407 e. The van der Waals surface area contributed by atoms with Crippen LogP contribution in [0.3, 0.4) is 0 Å². The number of carbonyl (C=O) groups is 5. The van der Waals surface area contributed by atoms with Crippen LogP contribution in [0.1, 0.15) is 43.9 Å². The van der Waals surface area contributed by atoms with E-state index in [9.17, 15) is 48.3 Å². The Morgan fingerprint density at radius 1 is 0.827 bits per heavy atom. The molecule has 0 bridgehead atoms. The molecule has 19 heteroatoms. The number of amides is 4. The molecule has 280 valence electrons. The van der Waals surface area contributed by atoms with Gasteiger partial charge in [0, 0.05) is 55.4 Å². The molecule has 1 aromatic carbocycles. The van der Waals surface area contributed by atoms with E-state index in [0.717, 1.165) is 14.0 Å². The third kappa shape index (κ3) is 12.3. The molecule has 0 aliphatic heterocycles. The van der Waals surface area contributed by atoms with Gasteiger partial charge in [0.15, 0.2) is 0 Å². The van der Waals surface area contributed by atoms with E-state index in [1.54, 1.807) is 39.0 Å². The first-order valence-corrected chi connectivity index (χ1v) is 16.1. The number of hydrogen-bond acceptors (Lipinski definition) is 10. The van der Waals surface area contributed by atoms with Gasteiger partial charge in [0.1, 0.15) is 18.7 Å². The van der Waals surface area contributed by atoms with Crippen molar-refractivity contribution in [3.8, 4) is 0 Å². The van der Waals surface area contributed by atoms with Gasteiger partial charge in [-0.15, -0.1) is 0 Å². The van der Waals surface area contributed by atoms with Crippen molar-refractivity contribution in [1.29, 1.82) is 0 Å². The van der Waals surface area contributed by atoms with E-state index < -0.39 is 83.9 Å². The third-order valence-electron chi connectivity index (χ3n) is 7.33. The van der Waals surface area contributed by atoms with Crippen LogP contribution in [0.2, 0.25) is 0 Å². The van der Waals surface area contributed by atoms with Crippen LogP contribution in [0, 0.1) is 13.8 Å². The molecule has 0 aliphatic carbocycles. The zero-order chi connectivity index (χ0) is 38.7. The second kappa shape index (κ2) is 17.6. The van der Waals surface area contributed by atoms with Crippen molar-refractivity contribution in [3.05, 3.63) is 95.0 Å². The number of carboxylic acid groups (broad SMARTS) is 1. The Hall–Kier alpha value is -6.27. The number of para-hydroxylation sites is 1. The summed E-state index contributed by atoms with van der Waals surface area (Å²) < 4.78 is 7.18. The van der Waals surface area contributed by atoms with Gasteiger partial charge in [0.2, 0.25) is 17.7 Å². The summed E-state index contributed by atoms with van der Waals surface area (Å²) in [7, 11) is 0. The fraction of sp³-hybridized carbons (Fsp3) is 0.424. The minimum Gasteiger partial charge on any atom is -0.481 e. The molecule has 2 heterocycles. The highest BCUT2D eigenvalue weighted by molar-refractivity contribution is 5.95. The van der Waals surface area contributed by atoms with E-state index >= 15 is 0 Å². The number of nitrogens with zero attached hydrogens (tertiary/aromatic N) is 4. The van der Waals surface area contributed by atoms with Crippen molar-refractivity contribution < 1.29 is 33.8 Å². The number of rotatable bonds is 15. The number of aryl methyl sites for hydroxylation is 2. The Balaban J connectivity index is 1.82. The number of aliphatic carboxylic acids is 1. The van der Waals surface area contributed by atoms with E-state index in [-0.39, 0.29) is 43.0 Å². The summed E-state index contributed by atoms with van der Waals surface area (Å²) in [6.07, 6.45) is 1.24. The highest BCUT2D eigenvalue weighted by atomic mass is 16.6. The lowest BCUT2D eigenvalue weighted by atomic mass is 10.1. The van der Waals surface area contributed by atoms with Gasteiger partial charge in [-0.05, 0) is 46.2 Å². The minimum absolute atomic E-state index is 0.122. The number of aromatic amines is 2. The van der Waals surface area contributed by atoms with Gasteiger partial charge in [-0.25, -0.2) is 14.4 Å². The Kier molecular flexibility index (Phi) is 13.6. The molecule has 2 aromatic heterocycles. The van der Waals surface area contributed by atoms with Crippen molar-refractivity contribution in [2.45, 2.75) is 66.3 Å². The first-order valence-electron chi connectivity index (χ1n) is 16.1. The number of hydrogen-bond donors (Lipinski definition) is 5. The highest BCUT2D eigenvalue weighted by Crippen LogP contribution is 2.18. The summed E-state index contributed by atoms with van der Waals surface area (Å²) in [5, 5.41) is 14.5. The van der Waals surface area contributed by atoms with Crippen LogP contribution >= 0.6 is 0 Å². The van der Waals surface area contributed by atoms with Crippen LogP contribution in [-0.4, -0.2) is 95.6 Å². The maximum absolute atomic E-state index is 13.4. The average Bonchev–Trinajstić information content (AvgIpc) is 3.03. The van der Waals surface area contributed by atoms with Crippen molar-refractivity contribution >= 4 is 35.5 Å². The minimum atomic E-state index is -1.18. The molecule has 19 nitrogen and oxygen atoms in total. The standard InChI is InChI=1S/C33H42N8O11/c1-20-14-40(30(49)36-28(20)47)18-25(43)38(12-10-27(45)46)16-22-8-6-7-9-23(22)35-24(42)17-39(13-11-34-32(51)52-33(3,4)5)26(44)19-41-15-21(2)29(48)37-31(41)50/h6-9,14-15H,10-13,16-19H2,1-5H3,(H,34,51)(H,35,42)(H,45,46)(H,36,47,49)(H,37,48,50). The molecule has 0 fully saturated rings. The number of benzene rings is 1. The molecule has 0 saturated carbocycles. The van der Waals surface area contributed by atoms with Crippen molar-refractivity contribution in [3.63, 3.8) is 0 Å². The topological polar surface area (TPSA) is 255 Å². The van der Waals surface area contributed by atoms with Crippen LogP contribution in [0.5, 0.6) is 0 Å². The van der Waals surface area contributed by atoms with Gasteiger partial charge in [0.25, 0.3) is 11.1 Å². The first-order chi connectivity index (χ1) is 24.3. The summed E-state index contributed by atoms with van der Waals surface area (Å²) in [6, 6.07) is 6.35. The predicted octanol–water partition coefficient (Wildman–Crippen LogP) is -0.501. The van der Waals surface area contributed by atoms with E-state index in [1.165, 1.54) is 37.2 Å². The molecule has 3 rings (SSSR count). The van der Waals surface area contributed by atoms with Crippen LogP contribution in [0.15, 0.2) is 55.8 Å². The molecule has 0 spiro atoms. The number of carboxylic acids is 1.